The number of hydrogen-bond donors (Lipinski definition) is 2. The predicted molar refractivity (Wildman–Crippen MR) is 104 cm³/mol. The van der Waals surface area contributed by atoms with Crippen molar-refractivity contribution in [1.82, 2.24) is 5.32 Å². The SMILES string of the molecule is O=C(CNCc1ccccc1)Nc1ccccc1OCc1ccccc1. The summed E-state index contributed by atoms with van der Waals surface area (Å²) in [5, 5.41) is 6.05. The van der Waals surface area contributed by atoms with Crippen molar-refractivity contribution >= 4 is 11.6 Å². The molecule has 3 aromatic rings. The van der Waals surface area contributed by atoms with Gasteiger partial charge in [-0.25, -0.2) is 0 Å². The van der Waals surface area contributed by atoms with E-state index in [1.54, 1.807) is 0 Å². The lowest BCUT2D eigenvalue weighted by Crippen LogP contribution is -2.27. The minimum Gasteiger partial charge on any atom is -0.487 e. The number of benzene rings is 3. The summed E-state index contributed by atoms with van der Waals surface area (Å²) in [6.07, 6.45) is 0. The number of ether oxygens (including phenoxy) is 1. The van der Waals surface area contributed by atoms with Crippen LogP contribution in [0.3, 0.4) is 0 Å². The molecule has 0 radical (unpaired) electrons. The van der Waals surface area contributed by atoms with E-state index in [2.05, 4.69) is 10.6 Å². The third kappa shape index (κ3) is 5.46. The fourth-order valence-corrected chi connectivity index (χ4v) is 2.54. The molecule has 0 saturated heterocycles. The first kappa shape index (κ1) is 17.7. The number of amides is 1. The fraction of sp³-hybridized carbons (Fsp3) is 0.136. The van der Waals surface area contributed by atoms with Gasteiger partial charge in [0.05, 0.1) is 12.2 Å². The van der Waals surface area contributed by atoms with Gasteiger partial charge in [0.15, 0.2) is 0 Å². The van der Waals surface area contributed by atoms with Crippen molar-refractivity contribution in [3.8, 4) is 5.75 Å². The molecular formula is C22H22N2O2. The molecule has 4 heteroatoms. The predicted octanol–water partition coefficient (Wildman–Crippen LogP) is 3.99. The Kier molecular flexibility index (Phi) is 6.40. The Morgan fingerprint density at radius 2 is 1.38 bits per heavy atom. The molecule has 0 saturated carbocycles. The van der Waals surface area contributed by atoms with Gasteiger partial charge in [0.25, 0.3) is 0 Å². The maximum Gasteiger partial charge on any atom is 0.238 e. The molecule has 0 unspecified atom stereocenters. The van der Waals surface area contributed by atoms with Gasteiger partial charge in [-0.1, -0.05) is 72.8 Å². The summed E-state index contributed by atoms with van der Waals surface area (Å²) < 4.78 is 5.86. The van der Waals surface area contributed by atoms with E-state index in [9.17, 15) is 4.79 Å². The quantitative estimate of drug-likeness (QED) is 0.648. The molecule has 0 heterocycles. The van der Waals surface area contributed by atoms with Crippen LogP contribution in [0.4, 0.5) is 5.69 Å². The molecule has 26 heavy (non-hydrogen) atoms. The number of para-hydroxylation sites is 2. The smallest absolute Gasteiger partial charge is 0.238 e. The van der Waals surface area contributed by atoms with Crippen LogP contribution in [0.25, 0.3) is 0 Å². The third-order valence-corrected chi connectivity index (χ3v) is 3.86. The summed E-state index contributed by atoms with van der Waals surface area (Å²) in [7, 11) is 0. The highest BCUT2D eigenvalue weighted by molar-refractivity contribution is 5.93. The number of carbonyl (C=O) groups is 1. The first-order valence-electron chi connectivity index (χ1n) is 8.61. The second-order valence-corrected chi connectivity index (χ2v) is 5.91. The number of rotatable bonds is 8. The molecule has 132 valence electrons. The van der Waals surface area contributed by atoms with Crippen LogP contribution < -0.4 is 15.4 Å². The summed E-state index contributed by atoms with van der Waals surface area (Å²) in [6.45, 7) is 1.35. The van der Waals surface area contributed by atoms with Crippen LogP contribution in [-0.2, 0) is 17.9 Å². The normalized spacial score (nSPS) is 10.3. The topological polar surface area (TPSA) is 50.4 Å². The summed E-state index contributed by atoms with van der Waals surface area (Å²) in [6, 6.07) is 27.4. The lowest BCUT2D eigenvalue weighted by Gasteiger charge is -2.13. The van der Waals surface area contributed by atoms with E-state index in [0.29, 0.717) is 24.6 Å². The zero-order chi connectivity index (χ0) is 18.0. The second-order valence-electron chi connectivity index (χ2n) is 5.91. The molecule has 2 N–H and O–H groups in total. The zero-order valence-electron chi connectivity index (χ0n) is 14.5. The number of carbonyl (C=O) groups excluding carboxylic acids is 1. The molecule has 3 rings (SSSR count). The van der Waals surface area contributed by atoms with Crippen molar-refractivity contribution in [2.75, 3.05) is 11.9 Å². The van der Waals surface area contributed by atoms with Crippen molar-refractivity contribution in [1.29, 1.82) is 0 Å². The minimum absolute atomic E-state index is 0.100. The van der Waals surface area contributed by atoms with Crippen LogP contribution in [0.15, 0.2) is 84.9 Å². The molecule has 3 aromatic carbocycles. The van der Waals surface area contributed by atoms with Gasteiger partial charge in [-0.2, -0.15) is 0 Å². The monoisotopic (exact) mass is 346 g/mol. The largest absolute Gasteiger partial charge is 0.487 e. The Labute approximate surface area is 153 Å². The van der Waals surface area contributed by atoms with E-state index >= 15 is 0 Å². The summed E-state index contributed by atoms with van der Waals surface area (Å²) in [5.74, 6) is 0.560. The highest BCUT2D eigenvalue weighted by atomic mass is 16.5. The van der Waals surface area contributed by atoms with Gasteiger partial charge >= 0.3 is 0 Å². The van der Waals surface area contributed by atoms with Crippen LogP contribution in [0, 0.1) is 0 Å². The van der Waals surface area contributed by atoms with Crippen LogP contribution in [-0.4, -0.2) is 12.5 Å². The standard InChI is InChI=1S/C22H22N2O2/c25-22(16-23-15-18-9-3-1-4-10-18)24-20-13-7-8-14-21(20)26-17-19-11-5-2-6-12-19/h1-14,23H,15-17H2,(H,24,25). The highest BCUT2D eigenvalue weighted by Gasteiger charge is 2.07. The minimum atomic E-state index is -0.100. The van der Waals surface area contributed by atoms with Crippen LogP contribution >= 0.6 is 0 Å². The molecule has 0 aromatic heterocycles. The number of anilines is 1. The van der Waals surface area contributed by atoms with E-state index in [4.69, 9.17) is 4.74 Å². The molecule has 0 atom stereocenters. The fourth-order valence-electron chi connectivity index (χ4n) is 2.54. The molecule has 1 amide bonds. The third-order valence-electron chi connectivity index (χ3n) is 3.86. The van der Waals surface area contributed by atoms with Crippen molar-refractivity contribution in [2.24, 2.45) is 0 Å². The second kappa shape index (κ2) is 9.39. The van der Waals surface area contributed by atoms with Crippen molar-refractivity contribution in [3.63, 3.8) is 0 Å². The van der Waals surface area contributed by atoms with Gasteiger partial charge in [-0.15, -0.1) is 0 Å². The molecular weight excluding hydrogens is 324 g/mol. The van der Waals surface area contributed by atoms with Gasteiger partial charge in [0.2, 0.25) is 5.91 Å². The lowest BCUT2D eigenvalue weighted by molar-refractivity contribution is -0.115. The Balaban J connectivity index is 1.51. The molecule has 0 spiro atoms. The molecule has 0 aliphatic carbocycles. The molecule has 0 aliphatic heterocycles. The van der Waals surface area contributed by atoms with Gasteiger partial charge in [0, 0.05) is 6.54 Å². The van der Waals surface area contributed by atoms with E-state index in [0.717, 1.165) is 11.1 Å². The van der Waals surface area contributed by atoms with Gasteiger partial charge in [0.1, 0.15) is 12.4 Å². The summed E-state index contributed by atoms with van der Waals surface area (Å²) >= 11 is 0. The zero-order valence-corrected chi connectivity index (χ0v) is 14.5. The average Bonchev–Trinajstić information content (AvgIpc) is 2.69. The van der Waals surface area contributed by atoms with Crippen LogP contribution in [0.1, 0.15) is 11.1 Å². The highest BCUT2D eigenvalue weighted by Crippen LogP contribution is 2.24. The van der Waals surface area contributed by atoms with E-state index in [1.165, 1.54) is 0 Å². The molecule has 0 bridgehead atoms. The molecule has 0 fully saturated rings. The van der Waals surface area contributed by atoms with E-state index < -0.39 is 0 Å². The molecule has 4 nitrogen and oxygen atoms in total. The van der Waals surface area contributed by atoms with Crippen molar-refractivity contribution in [2.45, 2.75) is 13.2 Å². The van der Waals surface area contributed by atoms with E-state index in [1.807, 2.05) is 84.9 Å². The number of nitrogens with one attached hydrogen (secondary N) is 2. The van der Waals surface area contributed by atoms with Crippen molar-refractivity contribution in [3.05, 3.63) is 96.1 Å². The molecule has 0 aliphatic rings. The summed E-state index contributed by atoms with van der Waals surface area (Å²) in [4.78, 5) is 12.2. The first-order chi connectivity index (χ1) is 12.8. The maximum atomic E-state index is 12.2. The maximum absolute atomic E-state index is 12.2. The number of hydrogen-bond acceptors (Lipinski definition) is 3. The Hall–Kier alpha value is -3.11. The Morgan fingerprint density at radius 3 is 2.12 bits per heavy atom. The average molecular weight is 346 g/mol. The first-order valence-corrected chi connectivity index (χ1v) is 8.61. The summed E-state index contributed by atoms with van der Waals surface area (Å²) in [5.41, 5.74) is 2.90. The van der Waals surface area contributed by atoms with Gasteiger partial charge in [-0.05, 0) is 23.3 Å². The Bertz CT molecular complexity index is 820. The van der Waals surface area contributed by atoms with Crippen LogP contribution in [0.2, 0.25) is 0 Å². The van der Waals surface area contributed by atoms with Crippen LogP contribution in [0.5, 0.6) is 5.75 Å². The van der Waals surface area contributed by atoms with E-state index in [-0.39, 0.29) is 12.5 Å². The van der Waals surface area contributed by atoms with Gasteiger partial charge < -0.3 is 15.4 Å². The lowest BCUT2D eigenvalue weighted by atomic mass is 10.2. The van der Waals surface area contributed by atoms with Gasteiger partial charge in [-0.3, -0.25) is 4.79 Å². The Morgan fingerprint density at radius 1 is 0.769 bits per heavy atom. The van der Waals surface area contributed by atoms with Crippen molar-refractivity contribution < 1.29 is 9.53 Å².